The first-order chi connectivity index (χ1) is 11.2. The molecule has 3 aliphatic rings. The van der Waals surface area contributed by atoms with Gasteiger partial charge in [0.25, 0.3) is 0 Å². The lowest BCUT2D eigenvalue weighted by Crippen LogP contribution is -2.38. The van der Waals surface area contributed by atoms with Gasteiger partial charge in [0.1, 0.15) is 0 Å². The Balaban J connectivity index is 1.91. The van der Waals surface area contributed by atoms with Gasteiger partial charge in [0.05, 0.1) is 23.1 Å². The monoisotopic (exact) mass is 337 g/mol. The van der Waals surface area contributed by atoms with Crippen LogP contribution in [0.25, 0.3) is 0 Å². The Bertz CT molecular complexity index is 284. The van der Waals surface area contributed by atoms with Gasteiger partial charge < -0.3 is 0 Å². The van der Waals surface area contributed by atoms with Crippen molar-refractivity contribution in [2.24, 2.45) is 5.92 Å². The smallest absolute Gasteiger partial charge is 0.0593 e. The molecule has 0 amide bonds. The van der Waals surface area contributed by atoms with E-state index in [1.54, 1.807) is 83.2 Å². The van der Waals surface area contributed by atoms with E-state index in [0.29, 0.717) is 0 Å². The summed E-state index contributed by atoms with van der Waals surface area (Å²) in [4.78, 5) is 0. The maximum Gasteiger partial charge on any atom is 0.0703 e. The van der Waals surface area contributed by atoms with E-state index in [2.05, 4.69) is 13.8 Å². The molecule has 0 nitrogen and oxygen atoms in total. The van der Waals surface area contributed by atoms with Crippen LogP contribution in [0.3, 0.4) is 0 Å². The van der Waals surface area contributed by atoms with E-state index in [1.807, 2.05) is 0 Å². The van der Waals surface area contributed by atoms with Crippen LogP contribution >= 0.6 is 7.26 Å². The van der Waals surface area contributed by atoms with Gasteiger partial charge in [-0.05, 0) is 83.0 Å². The molecule has 23 heavy (non-hydrogen) atoms. The molecule has 3 saturated carbocycles. The van der Waals surface area contributed by atoms with Gasteiger partial charge in [-0.1, -0.05) is 33.1 Å². The van der Waals surface area contributed by atoms with Crippen LogP contribution in [0.4, 0.5) is 0 Å². The second kappa shape index (κ2) is 8.69. The minimum Gasteiger partial charge on any atom is -0.0593 e. The van der Waals surface area contributed by atoms with Crippen LogP contribution in [0, 0.1) is 5.92 Å². The largest absolute Gasteiger partial charge is 0.0703 e. The second-order valence-corrected chi connectivity index (χ2v) is 14.0. The topological polar surface area (TPSA) is 0 Å². The van der Waals surface area contributed by atoms with Crippen LogP contribution in [0.1, 0.15) is 110 Å². The van der Waals surface area contributed by atoms with Crippen molar-refractivity contribution >= 4 is 7.26 Å². The van der Waals surface area contributed by atoms with Gasteiger partial charge in [-0.15, -0.1) is 0 Å². The minimum absolute atomic E-state index is 0.779. The lowest BCUT2D eigenvalue weighted by Gasteiger charge is -2.49. The molecule has 0 spiro atoms. The van der Waals surface area contributed by atoms with Crippen LogP contribution < -0.4 is 0 Å². The Morgan fingerprint density at radius 2 is 0.870 bits per heavy atom. The standard InChI is InChI=1S/C22H42P/c1-19(2)18-23(20-12-6-3-7-13-20,21-14-8-4-9-15-21)22-16-10-5-11-17-22/h19-22H,3-18H2,1-2H3/q+1. The lowest BCUT2D eigenvalue weighted by molar-refractivity contribution is 0.447. The fourth-order valence-corrected chi connectivity index (χ4v) is 14.6. The summed E-state index contributed by atoms with van der Waals surface area (Å²) < 4.78 is 0. The molecule has 0 aliphatic heterocycles. The zero-order valence-corrected chi connectivity index (χ0v) is 17.0. The second-order valence-electron chi connectivity index (χ2n) is 9.45. The molecular formula is C22H42P+. The van der Waals surface area contributed by atoms with Gasteiger partial charge in [0.15, 0.2) is 0 Å². The van der Waals surface area contributed by atoms with Crippen molar-refractivity contribution in [3.63, 3.8) is 0 Å². The van der Waals surface area contributed by atoms with E-state index in [-0.39, 0.29) is 0 Å². The van der Waals surface area contributed by atoms with E-state index in [4.69, 9.17) is 0 Å². The summed E-state index contributed by atoms with van der Waals surface area (Å²) in [5.41, 5.74) is 3.56. The van der Waals surface area contributed by atoms with Gasteiger partial charge >= 0.3 is 0 Å². The molecular weight excluding hydrogens is 295 g/mol. The number of hydrogen-bond donors (Lipinski definition) is 0. The molecule has 3 aliphatic carbocycles. The average molecular weight is 338 g/mol. The first-order valence-electron chi connectivity index (χ1n) is 11.1. The summed E-state index contributed by atoms with van der Waals surface area (Å²) >= 11 is 0. The van der Waals surface area contributed by atoms with Crippen molar-refractivity contribution < 1.29 is 0 Å². The van der Waals surface area contributed by atoms with Crippen molar-refractivity contribution in [2.75, 3.05) is 6.16 Å². The summed E-state index contributed by atoms with van der Waals surface area (Å²) in [5, 5.41) is 0. The van der Waals surface area contributed by atoms with Gasteiger partial charge in [-0.25, -0.2) is 0 Å². The van der Waals surface area contributed by atoms with E-state index in [0.717, 1.165) is 5.92 Å². The summed E-state index contributed by atoms with van der Waals surface area (Å²) in [6.45, 7) is 5.09. The SMILES string of the molecule is CC(C)C[P+](C1CCCCC1)(C1CCCCC1)C1CCCCC1. The van der Waals surface area contributed by atoms with E-state index < -0.39 is 7.26 Å². The number of rotatable bonds is 5. The third kappa shape index (κ3) is 4.16. The van der Waals surface area contributed by atoms with Crippen molar-refractivity contribution in [3.8, 4) is 0 Å². The highest BCUT2D eigenvalue weighted by atomic mass is 31.2. The predicted octanol–water partition coefficient (Wildman–Crippen LogP) is 7.66. The molecule has 0 atom stereocenters. The predicted molar refractivity (Wildman–Crippen MR) is 107 cm³/mol. The van der Waals surface area contributed by atoms with Gasteiger partial charge in [-0.3, -0.25) is 0 Å². The molecule has 3 fully saturated rings. The van der Waals surface area contributed by atoms with Crippen molar-refractivity contribution in [1.29, 1.82) is 0 Å². The van der Waals surface area contributed by atoms with Crippen LogP contribution in [0.15, 0.2) is 0 Å². The maximum absolute atomic E-state index is 2.54. The molecule has 0 radical (unpaired) electrons. The van der Waals surface area contributed by atoms with E-state index in [1.165, 1.54) is 36.2 Å². The fourth-order valence-electron chi connectivity index (χ4n) is 6.66. The molecule has 0 aromatic carbocycles. The summed E-state index contributed by atoms with van der Waals surface area (Å²) in [6, 6.07) is 0. The molecule has 0 aromatic heterocycles. The normalized spacial score (nSPS) is 26.7. The Morgan fingerprint density at radius 3 is 1.13 bits per heavy atom. The van der Waals surface area contributed by atoms with Gasteiger partial charge in [-0.2, -0.15) is 0 Å². The van der Waals surface area contributed by atoms with Crippen LogP contribution in [-0.2, 0) is 0 Å². The average Bonchev–Trinajstić information content (AvgIpc) is 2.62. The molecule has 0 N–H and O–H groups in total. The molecule has 0 heterocycles. The maximum atomic E-state index is 2.54. The highest BCUT2D eigenvalue weighted by Gasteiger charge is 2.56. The Kier molecular flexibility index (Phi) is 6.89. The minimum atomic E-state index is -0.779. The lowest BCUT2D eigenvalue weighted by atomic mass is 9.99. The van der Waals surface area contributed by atoms with Crippen molar-refractivity contribution in [3.05, 3.63) is 0 Å². The van der Waals surface area contributed by atoms with Crippen LogP contribution in [0.5, 0.6) is 0 Å². The van der Waals surface area contributed by atoms with E-state index in [9.17, 15) is 0 Å². The van der Waals surface area contributed by atoms with Crippen LogP contribution in [0.2, 0.25) is 0 Å². The quantitative estimate of drug-likeness (QED) is 0.452. The molecule has 0 unspecified atom stereocenters. The summed E-state index contributed by atoms with van der Waals surface area (Å²) in [6.07, 6.45) is 25.3. The Labute approximate surface area is 146 Å². The Hall–Kier alpha value is 0.430. The third-order valence-corrected chi connectivity index (χ3v) is 14.4. The molecule has 0 saturated heterocycles. The molecule has 134 valence electrons. The van der Waals surface area contributed by atoms with Crippen LogP contribution in [-0.4, -0.2) is 23.1 Å². The molecule has 1 heteroatoms. The van der Waals surface area contributed by atoms with Crippen molar-refractivity contribution in [2.45, 2.75) is 127 Å². The number of hydrogen-bond acceptors (Lipinski definition) is 0. The zero-order chi connectivity index (χ0) is 16.1. The Morgan fingerprint density at radius 1 is 0.565 bits per heavy atom. The molecule has 0 aromatic rings. The first kappa shape index (κ1) is 18.2. The summed E-state index contributed by atoms with van der Waals surface area (Å²) in [5.74, 6) is 0.939. The fraction of sp³-hybridized carbons (Fsp3) is 1.00. The first-order valence-corrected chi connectivity index (χ1v) is 13.3. The highest BCUT2D eigenvalue weighted by Crippen LogP contribution is 2.77. The zero-order valence-electron chi connectivity index (χ0n) is 16.1. The summed E-state index contributed by atoms with van der Waals surface area (Å²) in [7, 11) is -0.779. The van der Waals surface area contributed by atoms with E-state index >= 15 is 0 Å². The van der Waals surface area contributed by atoms with Gasteiger partial charge in [0, 0.05) is 7.26 Å². The molecule has 0 bridgehead atoms. The molecule has 3 rings (SSSR count). The van der Waals surface area contributed by atoms with Gasteiger partial charge in [0.2, 0.25) is 0 Å². The van der Waals surface area contributed by atoms with Crippen molar-refractivity contribution in [1.82, 2.24) is 0 Å². The third-order valence-electron chi connectivity index (χ3n) is 7.44. The highest BCUT2D eigenvalue weighted by molar-refractivity contribution is 7.77.